The molecule has 1 heterocycles. The van der Waals surface area contributed by atoms with Crippen LogP contribution < -0.4 is 0 Å². The highest BCUT2D eigenvalue weighted by molar-refractivity contribution is 7.90. The molecule has 0 saturated carbocycles. The van der Waals surface area contributed by atoms with Gasteiger partial charge in [0.15, 0.2) is 9.84 Å². The van der Waals surface area contributed by atoms with Gasteiger partial charge in [-0.1, -0.05) is 17.7 Å². The molecule has 2 aromatic rings. The molecular weight excluding hydrogens is 330 g/mol. The summed E-state index contributed by atoms with van der Waals surface area (Å²) in [6.45, 7) is 2.99. The lowest BCUT2D eigenvalue weighted by atomic mass is 10.1. The molecule has 0 aliphatic rings. The lowest BCUT2D eigenvalue weighted by molar-refractivity contribution is 0.375. The van der Waals surface area contributed by atoms with Crippen molar-refractivity contribution in [1.29, 1.82) is 0 Å². The van der Waals surface area contributed by atoms with Crippen molar-refractivity contribution in [3.63, 3.8) is 0 Å². The first-order valence-corrected chi connectivity index (χ1v) is 9.33. The van der Waals surface area contributed by atoms with Gasteiger partial charge in [0.05, 0.1) is 32.1 Å². The van der Waals surface area contributed by atoms with E-state index < -0.39 is 9.84 Å². The SMILES string of the molecule is Cc1nc(CC[CH]O)sc1-c1ccc(Cl)c(S(C)(=O)=O)c1. The molecule has 2 rings (SSSR count). The molecule has 0 aliphatic heterocycles. The molecule has 0 amide bonds. The predicted molar refractivity (Wildman–Crippen MR) is 85.0 cm³/mol. The summed E-state index contributed by atoms with van der Waals surface area (Å²) in [4.78, 5) is 5.49. The molecule has 0 spiro atoms. The van der Waals surface area contributed by atoms with Gasteiger partial charge < -0.3 is 5.11 Å². The van der Waals surface area contributed by atoms with Gasteiger partial charge in [0, 0.05) is 12.7 Å². The Bertz CT molecular complexity index is 754. The molecular formula is C14H15ClNO3S2. The highest BCUT2D eigenvalue weighted by Gasteiger charge is 2.16. The first-order valence-electron chi connectivity index (χ1n) is 6.25. The molecule has 0 saturated heterocycles. The van der Waals surface area contributed by atoms with Crippen LogP contribution >= 0.6 is 22.9 Å². The van der Waals surface area contributed by atoms with E-state index in [4.69, 9.17) is 16.7 Å². The van der Waals surface area contributed by atoms with Gasteiger partial charge in [-0.15, -0.1) is 11.3 Å². The Balaban J connectivity index is 2.45. The lowest BCUT2D eigenvalue weighted by Gasteiger charge is -2.05. The minimum absolute atomic E-state index is 0.125. The van der Waals surface area contributed by atoms with E-state index in [0.717, 1.165) is 34.0 Å². The van der Waals surface area contributed by atoms with Crippen molar-refractivity contribution in [3.05, 3.63) is 40.5 Å². The van der Waals surface area contributed by atoms with Crippen LogP contribution in [-0.2, 0) is 16.3 Å². The Morgan fingerprint density at radius 1 is 1.43 bits per heavy atom. The van der Waals surface area contributed by atoms with Crippen LogP contribution in [0.5, 0.6) is 0 Å². The molecule has 0 bridgehead atoms. The summed E-state index contributed by atoms with van der Waals surface area (Å²) >= 11 is 7.46. The number of aliphatic hydroxyl groups excluding tert-OH is 1. The highest BCUT2D eigenvalue weighted by atomic mass is 35.5. The molecule has 1 aromatic heterocycles. The van der Waals surface area contributed by atoms with Crippen LogP contribution in [0.4, 0.5) is 0 Å². The van der Waals surface area contributed by atoms with Crippen LogP contribution in [0, 0.1) is 13.5 Å². The summed E-state index contributed by atoms with van der Waals surface area (Å²) in [5, 5.41) is 9.87. The fourth-order valence-corrected chi connectivity index (χ4v) is 4.32. The zero-order chi connectivity index (χ0) is 15.6. The van der Waals surface area contributed by atoms with Gasteiger partial charge in [0.25, 0.3) is 0 Å². The zero-order valence-electron chi connectivity index (χ0n) is 11.6. The van der Waals surface area contributed by atoms with Crippen molar-refractivity contribution >= 4 is 32.8 Å². The highest BCUT2D eigenvalue weighted by Crippen LogP contribution is 2.34. The normalized spacial score (nSPS) is 11.8. The van der Waals surface area contributed by atoms with Crippen molar-refractivity contribution in [2.75, 3.05) is 6.26 Å². The first kappa shape index (κ1) is 16.4. The average molecular weight is 345 g/mol. The summed E-state index contributed by atoms with van der Waals surface area (Å²) in [5.41, 5.74) is 1.63. The van der Waals surface area contributed by atoms with Crippen LogP contribution in [-0.4, -0.2) is 24.8 Å². The summed E-state index contributed by atoms with van der Waals surface area (Å²) in [6, 6.07) is 4.97. The Morgan fingerprint density at radius 2 is 2.14 bits per heavy atom. The van der Waals surface area contributed by atoms with Gasteiger partial charge in [-0.05, 0) is 31.0 Å². The van der Waals surface area contributed by atoms with E-state index in [1.54, 1.807) is 18.2 Å². The Morgan fingerprint density at radius 3 is 2.76 bits per heavy atom. The van der Waals surface area contributed by atoms with Gasteiger partial charge in [-0.3, -0.25) is 0 Å². The number of aromatic nitrogens is 1. The molecule has 0 aliphatic carbocycles. The van der Waals surface area contributed by atoms with Gasteiger partial charge in [0.2, 0.25) is 0 Å². The number of rotatable bonds is 5. The number of sulfone groups is 1. The molecule has 0 fully saturated rings. The molecule has 4 nitrogen and oxygen atoms in total. The Hall–Kier alpha value is -0.950. The smallest absolute Gasteiger partial charge is 0.177 e. The van der Waals surface area contributed by atoms with Crippen molar-refractivity contribution in [2.24, 2.45) is 0 Å². The molecule has 1 N–H and O–H groups in total. The molecule has 21 heavy (non-hydrogen) atoms. The summed E-state index contributed by atoms with van der Waals surface area (Å²) < 4.78 is 23.5. The molecule has 7 heteroatoms. The predicted octanol–water partition coefficient (Wildman–Crippen LogP) is 3.64. The van der Waals surface area contributed by atoms with E-state index >= 15 is 0 Å². The summed E-state index contributed by atoms with van der Waals surface area (Å²) in [5.74, 6) is 0. The van der Waals surface area contributed by atoms with E-state index in [-0.39, 0.29) is 9.92 Å². The third-order valence-electron chi connectivity index (χ3n) is 2.92. The lowest BCUT2D eigenvalue weighted by Crippen LogP contribution is -1.98. The quantitative estimate of drug-likeness (QED) is 0.899. The number of aryl methyl sites for hydroxylation is 2. The van der Waals surface area contributed by atoms with Crippen molar-refractivity contribution in [2.45, 2.75) is 24.7 Å². The van der Waals surface area contributed by atoms with Gasteiger partial charge in [-0.2, -0.15) is 0 Å². The van der Waals surface area contributed by atoms with Crippen LogP contribution in [0.1, 0.15) is 17.1 Å². The fraction of sp³-hybridized carbons (Fsp3) is 0.286. The molecule has 113 valence electrons. The van der Waals surface area contributed by atoms with Crippen molar-refractivity contribution in [1.82, 2.24) is 4.98 Å². The minimum atomic E-state index is -3.37. The average Bonchev–Trinajstić information content (AvgIpc) is 2.77. The van der Waals surface area contributed by atoms with Crippen LogP contribution in [0.15, 0.2) is 23.1 Å². The molecule has 1 radical (unpaired) electrons. The van der Waals surface area contributed by atoms with E-state index in [0.29, 0.717) is 12.8 Å². The van der Waals surface area contributed by atoms with Gasteiger partial charge in [-0.25, -0.2) is 13.4 Å². The van der Waals surface area contributed by atoms with Crippen LogP contribution in [0.2, 0.25) is 5.02 Å². The van der Waals surface area contributed by atoms with E-state index in [1.807, 2.05) is 6.92 Å². The van der Waals surface area contributed by atoms with E-state index in [2.05, 4.69) is 4.98 Å². The van der Waals surface area contributed by atoms with Crippen LogP contribution in [0.25, 0.3) is 10.4 Å². The molecule has 1 aromatic carbocycles. The fourth-order valence-electron chi connectivity index (χ4n) is 1.94. The maximum atomic E-state index is 11.7. The zero-order valence-corrected chi connectivity index (χ0v) is 14.0. The van der Waals surface area contributed by atoms with E-state index in [1.165, 1.54) is 11.3 Å². The summed E-state index contributed by atoms with van der Waals surface area (Å²) in [7, 11) is -3.37. The Labute approximate surface area is 133 Å². The maximum Gasteiger partial charge on any atom is 0.177 e. The van der Waals surface area contributed by atoms with Gasteiger partial charge in [0.1, 0.15) is 0 Å². The number of benzene rings is 1. The Kier molecular flexibility index (Phi) is 5.03. The number of nitrogens with zero attached hydrogens (tertiary/aromatic N) is 1. The van der Waals surface area contributed by atoms with Crippen LogP contribution in [0.3, 0.4) is 0 Å². The monoisotopic (exact) mass is 344 g/mol. The van der Waals surface area contributed by atoms with Gasteiger partial charge >= 0.3 is 0 Å². The topological polar surface area (TPSA) is 67.3 Å². The van der Waals surface area contributed by atoms with E-state index in [9.17, 15) is 8.42 Å². The number of hydrogen-bond donors (Lipinski definition) is 1. The van der Waals surface area contributed by atoms with Crippen molar-refractivity contribution < 1.29 is 13.5 Å². The second kappa shape index (κ2) is 6.44. The largest absolute Gasteiger partial charge is 0.390 e. The third kappa shape index (κ3) is 3.83. The minimum Gasteiger partial charge on any atom is -0.390 e. The molecule has 0 unspecified atom stereocenters. The second-order valence-corrected chi connectivity index (χ2v) is 8.14. The third-order valence-corrected chi connectivity index (χ3v) is 5.77. The number of hydrogen-bond acceptors (Lipinski definition) is 5. The summed E-state index contributed by atoms with van der Waals surface area (Å²) in [6.07, 6.45) is 2.34. The number of thiazole rings is 1. The first-order chi connectivity index (χ1) is 9.82. The second-order valence-electron chi connectivity index (χ2n) is 4.66. The van der Waals surface area contributed by atoms with Crippen molar-refractivity contribution in [3.8, 4) is 10.4 Å². The maximum absolute atomic E-state index is 11.7. The number of aliphatic hydroxyl groups is 1. The molecule has 0 atom stereocenters. The standard InChI is InChI=1S/C14H15ClNO3S2/c1-9-14(20-13(16-9)4-3-7-17)10-5-6-11(15)12(8-10)21(2,18)19/h5-8,17H,3-4H2,1-2H3. The number of halogens is 1.